The minimum absolute atomic E-state index is 0.185. The Morgan fingerprint density at radius 3 is 2.75 bits per heavy atom. The van der Waals surface area contributed by atoms with Crippen LogP contribution in [0.15, 0.2) is 29.0 Å². The first-order valence-electron chi connectivity index (χ1n) is 4.49. The van der Waals surface area contributed by atoms with E-state index >= 15 is 0 Å². The summed E-state index contributed by atoms with van der Waals surface area (Å²) in [7, 11) is 0. The van der Waals surface area contributed by atoms with Gasteiger partial charge in [-0.15, -0.1) is 0 Å². The molecular weight excluding hydrogens is 274 g/mol. The second-order valence-corrected chi connectivity index (χ2v) is 4.13. The zero-order valence-electron chi connectivity index (χ0n) is 8.38. The lowest BCUT2D eigenvalue weighted by molar-refractivity contribution is 0.0696. The molecule has 0 spiro atoms. The largest absolute Gasteiger partial charge is 0.478 e. The number of rotatable bonds is 2. The van der Waals surface area contributed by atoms with Crippen LogP contribution in [0.5, 0.6) is 0 Å². The van der Waals surface area contributed by atoms with Crippen molar-refractivity contribution >= 4 is 21.9 Å². The molecule has 82 valence electrons. The Balaban J connectivity index is 2.45. The predicted octanol–water partition coefficient (Wildman–Crippen LogP) is 2.04. The molecule has 0 atom stereocenters. The van der Waals surface area contributed by atoms with Crippen molar-refractivity contribution in [1.82, 2.24) is 14.8 Å². The van der Waals surface area contributed by atoms with Gasteiger partial charge in [0.05, 0.1) is 5.69 Å². The molecule has 0 aliphatic carbocycles. The van der Waals surface area contributed by atoms with Gasteiger partial charge in [-0.3, -0.25) is 0 Å². The summed E-state index contributed by atoms with van der Waals surface area (Å²) in [5, 5.41) is 13.0. The third-order valence-electron chi connectivity index (χ3n) is 2.08. The maximum Gasteiger partial charge on any atom is 0.339 e. The van der Waals surface area contributed by atoms with E-state index in [1.807, 2.05) is 6.07 Å². The van der Waals surface area contributed by atoms with Crippen LogP contribution in [0.4, 0.5) is 0 Å². The van der Waals surface area contributed by atoms with Crippen molar-refractivity contribution in [1.29, 1.82) is 0 Å². The first-order valence-corrected chi connectivity index (χ1v) is 5.28. The third kappa shape index (κ3) is 1.96. The monoisotopic (exact) mass is 281 g/mol. The lowest BCUT2D eigenvalue weighted by Gasteiger charge is -1.98. The van der Waals surface area contributed by atoms with E-state index in [1.165, 1.54) is 10.9 Å². The Hall–Kier alpha value is -1.69. The zero-order chi connectivity index (χ0) is 11.7. The molecule has 2 heterocycles. The van der Waals surface area contributed by atoms with Gasteiger partial charge in [0.2, 0.25) is 0 Å². The standard InChI is InChI=1S/C10H8BrN3O2/c1-6-8(10(15)16)5-14(13-6)9-3-2-7(11)4-12-9/h2-5H,1H3,(H,15,16). The minimum atomic E-state index is -0.985. The quantitative estimate of drug-likeness (QED) is 0.915. The highest BCUT2D eigenvalue weighted by atomic mass is 79.9. The van der Waals surface area contributed by atoms with Crippen molar-refractivity contribution in [3.05, 3.63) is 40.3 Å². The number of carboxylic acids is 1. The number of pyridine rings is 1. The van der Waals surface area contributed by atoms with Crippen molar-refractivity contribution < 1.29 is 9.90 Å². The number of nitrogens with zero attached hydrogens (tertiary/aromatic N) is 3. The molecular formula is C10H8BrN3O2. The molecule has 0 aromatic carbocycles. The molecule has 2 aromatic rings. The number of hydrogen-bond donors (Lipinski definition) is 1. The average Bonchev–Trinajstić information content (AvgIpc) is 2.61. The van der Waals surface area contributed by atoms with Crippen molar-refractivity contribution in [2.45, 2.75) is 6.92 Å². The summed E-state index contributed by atoms with van der Waals surface area (Å²) in [4.78, 5) is 15.0. The van der Waals surface area contributed by atoms with E-state index in [2.05, 4.69) is 26.0 Å². The van der Waals surface area contributed by atoms with Crippen molar-refractivity contribution in [3.8, 4) is 5.82 Å². The van der Waals surface area contributed by atoms with Gasteiger partial charge >= 0.3 is 5.97 Å². The van der Waals surface area contributed by atoms with Crippen molar-refractivity contribution in [2.75, 3.05) is 0 Å². The van der Waals surface area contributed by atoms with Crippen molar-refractivity contribution in [3.63, 3.8) is 0 Å². The van der Waals surface area contributed by atoms with E-state index in [9.17, 15) is 4.79 Å². The smallest absolute Gasteiger partial charge is 0.339 e. The SMILES string of the molecule is Cc1nn(-c2ccc(Br)cn2)cc1C(=O)O. The lowest BCUT2D eigenvalue weighted by atomic mass is 10.3. The number of aromatic carboxylic acids is 1. The summed E-state index contributed by atoms with van der Waals surface area (Å²) in [6.07, 6.45) is 3.08. The van der Waals surface area contributed by atoms with Gasteiger partial charge in [0, 0.05) is 16.9 Å². The number of carbonyl (C=O) groups is 1. The van der Waals surface area contributed by atoms with Crippen LogP contribution in [-0.2, 0) is 0 Å². The van der Waals surface area contributed by atoms with Crippen LogP contribution >= 0.6 is 15.9 Å². The summed E-state index contributed by atoms with van der Waals surface area (Å²) in [5.74, 6) is -0.403. The van der Waals surface area contributed by atoms with Crippen LogP contribution in [0.3, 0.4) is 0 Å². The predicted molar refractivity (Wildman–Crippen MR) is 60.8 cm³/mol. The summed E-state index contributed by atoms with van der Waals surface area (Å²) >= 11 is 3.27. The van der Waals surface area contributed by atoms with Gasteiger partial charge in [-0.1, -0.05) is 0 Å². The van der Waals surface area contributed by atoms with Gasteiger partial charge in [-0.2, -0.15) is 5.10 Å². The average molecular weight is 282 g/mol. The maximum absolute atomic E-state index is 10.8. The summed E-state index contributed by atoms with van der Waals surface area (Å²) in [6, 6.07) is 3.57. The van der Waals surface area contributed by atoms with Gasteiger partial charge in [0.1, 0.15) is 5.56 Å². The Labute approximate surface area is 99.9 Å². The van der Waals surface area contributed by atoms with Gasteiger partial charge < -0.3 is 5.11 Å². The Morgan fingerprint density at radius 1 is 1.50 bits per heavy atom. The van der Waals surface area contributed by atoms with E-state index in [-0.39, 0.29) is 5.56 Å². The molecule has 0 saturated heterocycles. The molecule has 0 unspecified atom stereocenters. The molecule has 6 heteroatoms. The molecule has 0 amide bonds. The molecule has 0 fully saturated rings. The van der Waals surface area contributed by atoms with Gasteiger partial charge in [0.25, 0.3) is 0 Å². The molecule has 2 rings (SSSR count). The van der Waals surface area contributed by atoms with Crippen LogP contribution in [0.1, 0.15) is 16.1 Å². The highest BCUT2D eigenvalue weighted by Crippen LogP contribution is 2.12. The minimum Gasteiger partial charge on any atom is -0.478 e. The van der Waals surface area contributed by atoms with Crippen LogP contribution in [-0.4, -0.2) is 25.8 Å². The lowest BCUT2D eigenvalue weighted by Crippen LogP contribution is -1.97. The number of aromatic nitrogens is 3. The fraction of sp³-hybridized carbons (Fsp3) is 0.100. The summed E-state index contributed by atoms with van der Waals surface area (Å²) < 4.78 is 2.31. The topological polar surface area (TPSA) is 68.0 Å². The molecule has 0 bridgehead atoms. The van der Waals surface area contributed by atoms with Gasteiger partial charge in [0.15, 0.2) is 5.82 Å². The fourth-order valence-electron chi connectivity index (χ4n) is 1.29. The van der Waals surface area contributed by atoms with E-state index in [4.69, 9.17) is 5.11 Å². The molecule has 1 N–H and O–H groups in total. The van der Waals surface area contributed by atoms with Crippen LogP contribution in [0.2, 0.25) is 0 Å². The maximum atomic E-state index is 10.8. The first kappa shape index (κ1) is 10.8. The summed E-state index contributed by atoms with van der Waals surface area (Å²) in [6.45, 7) is 1.65. The van der Waals surface area contributed by atoms with E-state index < -0.39 is 5.97 Å². The zero-order valence-corrected chi connectivity index (χ0v) is 9.97. The second-order valence-electron chi connectivity index (χ2n) is 3.21. The fourth-order valence-corrected chi connectivity index (χ4v) is 1.53. The third-order valence-corrected chi connectivity index (χ3v) is 2.54. The first-order chi connectivity index (χ1) is 7.58. The number of hydrogen-bond acceptors (Lipinski definition) is 3. The second kappa shape index (κ2) is 4.05. The van der Waals surface area contributed by atoms with Gasteiger partial charge in [-0.05, 0) is 35.0 Å². The van der Waals surface area contributed by atoms with Crippen LogP contribution in [0.25, 0.3) is 5.82 Å². The molecule has 0 saturated carbocycles. The number of carboxylic acid groups (broad SMARTS) is 1. The van der Waals surface area contributed by atoms with E-state index in [0.29, 0.717) is 11.5 Å². The molecule has 5 nitrogen and oxygen atoms in total. The molecule has 2 aromatic heterocycles. The van der Waals surface area contributed by atoms with Crippen LogP contribution in [0, 0.1) is 6.92 Å². The molecule has 0 aliphatic rings. The highest BCUT2D eigenvalue weighted by Gasteiger charge is 2.12. The number of aryl methyl sites for hydroxylation is 1. The van der Waals surface area contributed by atoms with Crippen molar-refractivity contribution in [2.24, 2.45) is 0 Å². The molecule has 16 heavy (non-hydrogen) atoms. The summed E-state index contributed by atoms with van der Waals surface area (Å²) in [5.41, 5.74) is 0.655. The van der Waals surface area contributed by atoms with E-state index in [0.717, 1.165) is 4.47 Å². The Bertz CT molecular complexity index is 533. The molecule has 0 radical (unpaired) electrons. The Kier molecular flexibility index (Phi) is 2.74. The normalized spacial score (nSPS) is 10.4. The van der Waals surface area contributed by atoms with Crippen LogP contribution < -0.4 is 0 Å². The highest BCUT2D eigenvalue weighted by molar-refractivity contribution is 9.10. The Morgan fingerprint density at radius 2 is 2.25 bits per heavy atom. The van der Waals surface area contributed by atoms with E-state index in [1.54, 1.807) is 19.2 Å². The number of halogens is 1. The van der Waals surface area contributed by atoms with Gasteiger partial charge in [-0.25, -0.2) is 14.5 Å². The molecule has 0 aliphatic heterocycles.